The molecule has 0 radical (unpaired) electrons. The fourth-order valence-corrected chi connectivity index (χ4v) is 2.29. The Morgan fingerprint density at radius 3 is 2.30 bits per heavy atom. The molecule has 5 nitrogen and oxygen atoms in total. The van der Waals surface area contributed by atoms with Crippen molar-refractivity contribution in [1.82, 2.24) is 5.32 Å². The van der Waals surface area contributed by atoms with E-state index in [4.69, 9.17) is 0 Å². The maximum Gasteiger partial charge on any atom is 0.233 e. The largest absolute Gasteiger partial charge is 0.372 e. The first kappa shape index (κ1) is 19.0. The summed E-state index contributed by atoms with van der Waals surface area (Å²) in [6.07, 6.45) is -0.149. The maximum atomic E-state index is 12.0. The van der Waals surface area contributed by atoms with E-state index >= 15 is 0 Å². The van der Waals surface area contributed by atoms with Crippen LogP contribution in [0.25, 0.3) is 0 Å². The van der Waals surface area contributed by atoms with E-state index in [1.807, 2.05) is 32.9 Å². The lowest BCUT2D eigenvalue weighted by atomic mass is 10.1. The third kappa shape index (κ3) is 6.30. The van der Waals surface area contributed by atoms with E-state index in [9.17, 15) is 9.59 Å². The van der Waals surface area contributed by atoms with Gasteiger partial charge < -0.3 is 15.5 Å². The normalized spacial score (nSPS) is 10.5. The molecular formula is C18H29N3O2. The number of nitrogens with one attached hydrogen (secondary N) is 2. The van der Waals surface area contributed by atoms with Gasteiger partial charge in [-0.05, 0) is 50.5 Å². The van der Waals surface area contributed by atoms with Crippen molar-refractivity contribution in [2.75, 3.05) is 29.9 Å². The van der Waals surface area contributed by atoms with Crippen molar-refractivity contribution < 1.29 is 9.59 Å². The van der Waals surface area contributed by atoms with Gasteiger partial charge in [0, 0.05) is 31.0 Å². The molecule has 0 aliphatic heterocycles. The Bertz CT molecular complexity index is 537. The average Bonchev–Trinajstić information content (AvgIpc) is 2.49. The Morgan fingerprint density at radius 2 is 1.78 bits per heavy atom. The summed E-state index contributed by atoms with van der Waals surface area (Å²) in [5.41, 5.74) is 2.88. The zero-order valence-corrected chi connectivity index (χ0v) is 14.9. The lowest BCUT2D eigenvalue weighted by Crippen LogP contribution is -2.30. The predicted molar refractivity (Wildman–Crippen MR) is 95.8 cm³/mol. The van der Waals surface area contributed by atoms with E-state index in [0.29, 0.717) is 12.5 Å². The van der Waals surface area contributed by atoms with Gasteiger partial charge in [-0.15, -0.1) is 0 Å². The summed E-state index contributed by atoms with van der Waals surface area (Å²) < 4.78 is 0. The Morgan fingerprint density at radius 1 is 1.13 bits per heavy atom. The number of hydrogen-bond donors (Lipinski definition) is 2. The van der Waals surface area contributed by atoms with Crippen molar-refractivity contribution >= 4 is 23.2 Å². The number of anilines is 2. The van der Waals surface area contributed by atoms with Gasteiger partial charge in [-0.25, -0.2) is 0 Å². The van der Waals surface area contributed by atoms with Crippen molar-refractivity contribution in [2.45, 2.75) is 41.0 Å². The van der Waals surface area contributed by atoms with Crippen molar-refractivity contribution in [3.05, 3.63) is 23.8 Å². The van der Waals surface area contributed by atoms with E-state index < -0.39 is 0 Å². The molecule has 1 aromatic carbocycles. The number of rotatable bonds is 8. The van der Waals surface area contributed by atoms with Gasteiger partial charge in [-0.3, -0.25) is 9.59 Å². The van der Waals surface area contributed by atoms with Crippen molar-refractivity contribution in [3.63, 3.8) is 0 Å². The highest BCUT2D eigenvalue weighted by atomic mass is 16.2. The molecule has 128 valence electrons. The van der Waals surface area contributed by atoms with Gasteiger partial charge in [0.15, 0.2) is 0 Å². The highest BCUT2D eigenvalue weighted by Crippen LogP contribution is 2.22. The van der Waals surface area contributed by atoms with Crippen molar-refractivity contribution in [1.29, 1.82) is 0 Å². The predicted octanol–water partition coefficient (Wildman–Crippen LogP) is 2.94. The minimum atomic E-state index is -0.287. The number of carbonyl (C=O) groups is 2. The van der Waals surface area contributed by atoms with E-state index in [0.717, 1.165) is 30.0 Å². The molecule has 1 rings (SSSR count). The van der Waals surface area contributed by atoms with Gasteiger partial charge in [-0.1, -0.05) is 13.8 Å². The van der Waals surface area contributed by atoms with Crippen LogP contribution in [0, 0.1) is 12.8 Å². The molecule has 2 N–H and O–H groups in total. The van der Waals surface area contributed by atoms with E-state index in [1.54, 1.807) is 0 Å². The van der Waals surface area contributed by atoms with Crippen LogP contribution in [-0.4, -0.2) is 31.4 Å². The molecule has 0 aliphatic rings. The summed E-state index contributed by atoms with van der Waals surface area (Å²) in [5, 5.41) is 5.56. The van der Waals surface area contributed by atoms with E-state index in [1.165, 1.54) is 0 Å². The number of hydrogen-bond acceptors (Lipinski definition) is 3. The van der Waals surface area contributed by atoms with Crippen LogP contribution in [0.4, 0.5) is 11.4 Å². The Hall–Kier alpha value is -2.04. The molecule has 0 aromatic heterocycles. The summed E-state index contributed by atoms with van der Waals surface area (Å²) in [5.74, 6) is -0.157. The second-order valence-corrected chi connectivity index (χ2v) is 6.09. The van der Waals surface area contributed by atoms with Gasteiger partial charge in [0.05, 0.1) is 0 Å². The van der Waals surface area contributed by atoms with Crippen LogP contribution in [-0.2, 0) is 9.59 Å². The standard InChI is InChI=1S/C18H29N3O2/c1-6-21(7-2)15-8-9-16(14(5)10-15)20-18(23)11-17(22)19-12-13(3)4/h8-10,13H,6-7,11-12H2,1-5H3,(H,19,22)(H,20,23). The van der Waals surface area contributed by atoms with Gasteiger partial charge in [0.25, 0.3) is 0 Å². The number of carbonyl (C=O) groups excluding carboxylic acids is 2. The molecule has 2 amide bonds. The highest BCUT2D eigenvalue weighted by molar-refractivity contribution is 6.03. The smallest absolute Gasteiger partial charge is 0.233 e. The molecule has 0 unspecified atom stereocenters. The van der Waals surface area contributed by atoms with Crippen LogP contribution in [0.3, 0.4) is 0 Å². The third-order valence-electron chi connectivity index (χ3n) is 3.64. The molecule has 0 bridgehead atoms. The zero-order valence-electron chi connectivity index (χ0n) is 14.9. The van der Waals surface area contributed by atoms with Crippen LogP contribution < -0.4 is 15.5 Å². The fourth-order valence-electron chi connectivity index (χ4n) is 2.29. The Kier molecular flexibility index (Phi) is 7.59. The van der Waals surface area contributed by atoms with Gasteiger partial charge in [0.2, 0.25) is 11.8 Å². The van der Waals surface area contributed by atoms with Crippen molar-refractivity contribution in [2.24, 2.45) is 5.92 Å². The van der Waals surface area contributed by atoms with Crippen LogP contribution >= 0.6 is 0 Å². The molecule has 0 spiro atoms. The molecule has 0 fully saturated rings. The molecule has 23 heavy (non-hydrogen) atoms. The molecule has 1 aromatic rings. The van der Waals surface area contributed by atoms with Gasteiger partial charge >= 0.3 is 0 Å². The molecule has 0 aliphatic carbocycles. The van der Waals surface area contributed by atoms with Gasteiger partial charge in [-0.2, -0.15) is 0 Å². The SMILES string of the molecule is CCN(CC)c1ccc(NC(=O)CC(=O)NCC(C)C)c(C)c1. The molecule has 0 saturated heterocycles. The second-order valence-electron chi connectivity index (χ2n) is 6.09. The minimum absolute atomic E-state index is 0.149. The minimum Gasteiger partial charge on any atom is -0.372 e. The summed E-state index contributed by atoms with van der Waals surface area (Å²) in [4.78, 5) is 25.9. The lowest BCUT2D eigenvalue weighted by Gasteiger charge is -2.22. The van der Waals surface area contributed by atoms with E-state index in [2.05, 4.69) is 35.4 Å². The van der Waals surface area contributed by atoms with Gasteiger partial charge in [0.1, 0.15) is 6.42 Å². The maximum absolute atomic E-state index is 12.0. The Labute approximate surface area is 139 Å². The number of aryl methyl sites for hydroxylation is 1. The summed E-state index contributed by atoms with van der Waals surface area (Å²) in [6, 6.07) is 5.95. The summed E-state index contributed by atoms with van der Waals surface area (Å²) >= 11 is 0. The first-order valence-corrected chi connectivity index (χ1v) is 8.29. The van der Waals surface area contributed by atoms with Crippen LogP contribution in [0.2, 0.25) is 0 Å². The first-order valence-electron chi connectivity index (χ1n) is 8.29. The monoisotopic (exact) mass is 319 g/mol. The lowest BCUT2D eigenvalue weighted by molar-refractivity contribution is -0.126. The summed E-state index contributed by atoms with van der Waals surface area (Å²) in [6.45, 7) is 12.7. The number of amides is 2. The van der Waals surface area contributed by atoms with Crippen LogP contribution in [0.1, 0.15) is 39.7 Å². The molecule has 0 saturated carbocycles. The van der Waals surface area contributed by atoms with Crippen LogP contribution in [0.5, 0.6) is 0 Å². The second kappa shape index (κ2) is 9.18. The van der Waals surface area contributed by atoms with E-state index in [-0.39, 0.29) is 18.2 Å². The highest BCUT2D eigenvalue weighted by Gasteiger charge is 2.12. The Balaban J connectivity index is 2.63. The molecule has 0 heterocycles. The zero-order chi connectivity index (χ0) is 17.4. The third-order valence-corrected chi connectivity index (χ3v) is 3.64. The summed E-state index contributed by atoms with van der Waals surface area (Å²) in [7, 11) is 0. The molecule has 0 atom stereocenters. The fraction of sp³-hybridized carbons (Fsp3) is 0.556. The molecule has 5 heteroatoms. The van der Waals surface area contributed by atoms with Crippen molar-refractivity contribution in [3.8, 4) is 0 Å². The molecular weight excluding hydrogens is 290 g/mol. The number of benzene rings is 1. The topological polar surface area (TPSA) is 61.4 Å². The van der Waals surface area contributed by atoms with Crippen LogP contribution in [0.15, 0.2) is 18.2 Å². The first-order chi connectivity index (χ1) is 10.9. The quantitative estimate of drug-likeness (QED) is 0.724. The number of nitrogens with zero attached hydrogens (tertiary/aromatic N) is 1. The average molecular weight is 319 g/mol.